The highest BCUT2D eigenvalue weighted by atomic mass is 79.9. The number of hydrogen-bond donors (Lipinski definition) is 1. The van der Waals surface area contributed by atoms with Crippen molar-refractivity contribution < 1.29 is 9.13 Å². The predicted molar refractivity (Wildman–Crippen MR) is 80.3 cm³/mol. The van der Waals surface area contributed by atoms with Crippen LogP contribution in [0.3, 0.4) is 0 Å². The predicted octanol–water partition coefficient (Wildman–Crippen LogP) is 4.26. The van der Waals surface area contributed by atoms with Crippen molar-refractivity contribution >= 4 is 27.3 Å². The summed E-state index contributed by atoms with van der Waals surface area (Å²) in [5.41, 5.74) is 1.15. The molecule has 1 aromatic heterocycles. The van der Waals surface area contributed by atoms with Crippen LogP contribution in [0.4, 0.5) is 4.39 Å². The summed E-state index contributed by atoms with van der Waals surface area (Å²) < 4.78 is 19.4. The third-order valence-corrected chi connectivity index (χ3v) is 4.44. The van der Waals surface area contributed by atoms with Crippen LogP contribution in [0.5, 0.6) is 5.75 Å². The van der Waals surface area contributed by atoms with Gasteiger partial charge in [-0.25, -0.2) is 4.39 Å². The molecule has 0 radical (unpaired) electrons. The van der Waals surface area contributed by atoms with E-state index in [1.807, 2.05) is 7.05 Å². The molecular formula is C14H15BrFNOS. The summed E-state index contributed by atoms with van der Waals surface area (Å²) in [6, 6.07) is 6.92. The summed E-state index contributed by atoms with van der Waals surface area (Å²) in [6.45, 7) is 3.40. The Morgan fingerprint density at radius 3 is 2.84 bits per heavy atom. The van der Waals surface area contributed by atoms with Gasteiger partial charge in [0, 0.05) is 27.9 Å². The molecule has 0 bridgehead atoms. The summed E-state index contributed by atoms with van der Waals surface area (Å²) in [4.78, 5) is 2.52. The fourth-order valence-corrected chi connectivity index (χ4v) is 3.03. The molecular weight excluding hydrogens is 329 g/mol. The van der Waals surface area contributed by atoms with Crippen LogP contribution in [0.2, 0.25) is 0 Å². The Kier molecular flexibility index (Phi) is 4.96. The van der Waals surface area contributed by atoms with Gasteiger partial charge in [-0.05, 0) is 48.1 Å². The van der Waals surface area contributed by atoms with Gasteiger partial charge in [-0.15, -0.1) is 11.3 Å². The zero-order chi connectivity index (χ0) is 13.8. The van der Waals surface area contributed by atoms with E-state index in [4.69, 9.17) is 4.74 Å². The van der Waals surface area contributed by atoms with Gasteiger partial charge in [-0.1, -0.05) is 0 Å². The summed E-state index contributed by atoms with van der Waals surface area (Å²) >= 11 is 4.88. The molecule has 0 spiro atoms. The van der Waals surface area contributed by atoms with E-state index in [1.165, 1.54) is 15.8 Å². The maximum atomic E-state index is 13.4. The maximum Gasteiger partial charge on any atom is 0.141 e. The van der Waals surface area contributed by atoms with Crippen LogP contribution in [0.15, 0.2) is 28.7 Å². The van der Waals surface area contributed by atoms with Gasteiger partial charge in [0.25, 0.3) is 0 Å². The monoisotopic (exact) mass is 343 g/mol. The molecule has 5 heteroatoms. The first kappa shape index (κ1) is 14.5. The van der Waals surface area contributed by atoms with Crippen molar-refractivity contribution in [3.63, 3.8) is 0 Å². The topological polar surface area (TPSA) is 21.3 Å². The summed E-state index contributed by atoms with van der Waals surface area (Å²) in [5.74, 6) is 0.233. The normalized spacial score (nSPS) is 10.7. The highest BCUT2D eigenvalue weighted by Crippen LogP contribution is 2.25. The largest absolute Gasteiger partial charge is 0.489 e. The number of hydrogen-bond acceptors (Lipinski definition) is 3. The lowest BCUT2D eigenvalue weighted by atomic mass is 10.2. The van der Waals surface area contributed by atoms with Crippen molar-refractivity contribution in [2.75, 3.05) is 7.05 Å². The summed E-state index contributed by atoms with van der Waals surface area (Å²) in [5, 5.41) is 3.13. The highest BCUT2D eigenvalue weighted by molar-refractivity contribution is 9.10. The second kappa shape index (κ2) is 6.50. The van der Waals surface area contributed by atoms with Crippen LogP contribution >= 0.6 is 27.3 Å². The van der Waals surface area contributed by atoms with E-state index in [-0.39, 0.29) is 5.82 Å². The Bertz CT molecular complexity index is 571. The minimum atomic E-state index is -0.310. The van der Waals surface area contributed by atoms with E-state index < -0.39 is 0 Å². The van der Waals surface area contributed by atoms with Gasteiger partial charge in [0.15, 0.2) is 0 Å². The van der Waals surface area contributed by atoms with Crippen LogP contribution in [0.25, 0.3) is 0 Å². The molecule has 1 N–H and O–H groups in total. The van der Waals surface area contributed by atoms with Crippen molar-refractivity contribution in [2.24, 2.45) is 0 Å². The zero-order valence-electron chi connectivity index (χ0n) is 10.8. The molecule has 1 aromatic carbocycles. The molecule has 0 amide bonds. The van der Waals surface area contributed by atoms with Gasteiger partial charge in [0.1, 0.15) is 18.2 Å². The van der Waals surface area contributed by atoms with Crippen LogP contribution < -0.4 is 10.1 Å². The molecule has 0 atom stereocenters. The van der Waals surface area contributed by atoms with Crippen LogP contribution in [0.1, 0.15) is 15.3 Å². The molecule has 2 rings (SSSR count). The first-order chi connectivity index (χ1) is 9.10. The quantitative estimate of drug-likeness (QED) is 0.875. The first-order valence-corrected chi connectivity index (χ1v) is 7.51. The molecule has 0 aliphatic heterocycles. The van der Waals surface area contributed by atoms with Gasteiger partial charge in [0.05, 0.1) is 4.47 Å². The van der Waals surface area contributed by atoms with Gasteiger partial charge < -0.3 is 10.1 Å². The van der Waals surface area contributed by atoms with Gasteiger partial charge >= 0.3 is 0 Å². The minimum absolute atomic E-state index is 0.310. The fraction of sp³-hybridized carbons (Fsp3) is 0.286. The highest BCUT2D eigenvalue weighted by Gasteiger charge is 2.07. The first-order valence-electron chi connectivity index (χ1n) is 5.91. The molecule has 2 aromatic rings. The average Bonchev–Trinajstić information content (AvgIpc) is 2.72. The molecule has 0 unspecified atom stereocenters. The lowest BCUT2D eigenvalue weighted by Crippen LogP contribution is -2.02. The lowest BCUT2D eigenvalue weighted by Gasteiger charge is -2.06. The second-order valence-corrected chi connectivity index (χ2v) is 6.38. The van der Waals surface area contributed by atoms with Crippen LogP contribution in [0, 0.1) is 12.7 Å². The number of aryl methyl sites for hydroxylation is 1. The van der Waals surface area contributed by atoms with Crippen molar-refractivity contribution in [1.29, 1.82) is 0 Å². The molecule has 2 nitrogen and oxygen atoms in total. The Labute approximate surface area is 124 Å². The average molecular weight is 344 g/mol. The van der Waals surface area contributed by atoms with Crippen molar-refractivity contribution in [2.45, 2.75) is 20.1 Å². The minimum Gasteiger partial charge on any atom is -0.489 e. The van der Waals surface area contributed by atoms with Gasteiger partial charge in [-0.2, -0.15) is 0 Å². The Balaban J connectivity index is 2.03. The lowest BCUT2D eigenvalue weighted by molar-refractivity contribution is 0.304. The van der Waals surface area contributed by atoms with Crippen molar-refractivity contribution in [1.82, 2.24) is 5.32 Å². The molecule has 0 aliphatic carbocycles. The SMILES string of the molecule is CNCc1cc(COc2ccc(Br)c(F)c2)c(C)s1. The summed E-state index contributed by atoms with van der Waals surface area (Å²) in [7, 11) is 1.93. The fourth-order valence-electron chi connectivity index (χ4n) is 1.72. The molecule has 1 heterocycles. The number of halogens is 2. The standard InChI is InChI=1S/C14H15BrFNOS/c1-9-10(5-12(19-9)7-17-2)8-18-11-3-4-13(15)14(16)6-11/h3-6,17H,7-8H2,1-2H3. The third kappa shape index (κ3) is 3.78. The molecule has 0 aliphatic rings. The number of nitrogens with one attached hydrogen (secondary N) is 1. The Morgan fingerprint density at radius 2 is 2.16 bits per heavy atom. The number of benzene rings is 1. The van der Waals surface area contributed by atoms with Crippen molar-refractivity contribution in [3.05, 3.63) is 49.9 Å². The molecule has 0 saturated heterocycles. The van der Waals surface area contributed by atoms with Crippen molar-refractivity contribution in [3.8, 4) is 5.75 Å². The third-order valence-electron chi connectivity index (χ3n) is 2.71. The number of rotatable bonds is 5. The smallest absolute Gasteiger partial charge is 0.141 e. The van der Waals surface area contributed by atoms with Gasteiger partial charge in [-0.3, -0.25) is 0 Å². The Morgan fingerprint density at radius 1 is 1.37 bits per heavy atom. The maximum absolute atomic E-state index is 13.4. The number of thiophene rings is 1. The molecule has 0 fully saturated rings. The van der Waals surface area contributed by atoms with Crippen LogP contribution in [-0.4, -0.2) is 7.05 Å². The van der Waals surface area contributed by atoms with E-state index in [1.54, 1.807) is 23.5 Å². The van der Waals surface area contributed by atoms with Crippen LogP contribution in [-0.2, 0) is 13.2 Å². The molecule has 0 saturated carbocycles. The summed E-state index contributed by atoms with van der Waals surface area (Å²) in [6.07, 6.45) is 0. The second-order valence-electron chi connectivity index (χ2n) is 4.19. The number of ether oxygens (including phenoxy) is 1. The van der Waals surface area contributed by atoms with Gasteiger partial charge in [0.2, 0.25) is 0 Å². The van der Waals surface area contributed by atoms with E-state index in [2.05, 4.69) is 34.2 Å². The molecule has 102 valence electrons. The van der Waals surface area contributed by atoms with E-state index >= 15 is 0 Å². The Hall–Kier alpha value is -0.910. The zero-order valence-corrected chi connectivity index (χ0v) is 13.2. The molecule has 19 heavy (non-hydrogen) atoms. The van der Waals surface area contributed by atoms with E-state index in [0.29, 0.717) is 16.8 Å². The van der Waals surface area contributed by atoms with E-state index in [9.17, 15) is 4.39 Å². The van der Waals surface area contributed by atoms with E-state index in [0.717, 1.165) is 12.1 Å².